The molecule has 3 unspecified atom stereocenters. The van der Waals surface area contributed by atoms with Crippen LogP contribution in [0.25, 0.3) is 32.9 Å². The average Bonchev–Trinajstić information content (AvgIpc) is 3.62. The zero-order valence-corrected chi connectivity index (χ0v) is 29.9. The number of aromatic hydroxyl groups is 1. The van der Waals surface area contributed by atoms with Crippen molar-refractivity contribution in [2.24, 2.45) is 5.41 Å². The van der Waals surface area contributed by atoms with Crippen molar-refractivity contribution in [3.05, 3.63) is 47.7 Å². The number of carbonyl (C=O) groups excluding carboxylic acids is 1. The lowest BCUT2D eigenvalue weighted by Gasteiger charge is -2.42. The number of phenolic OH excluding ortho intramolecular Hbond substituents is 1. The third-order valence-corrected chi connectivity index (χ3v) is 11.9. The maximum Gasteiger partial charge on any atom is 0.319 e. The smallest absolute Gasteiger partial charge is 0.319 e. The van der Waals surface area contributed by atoms with Crippen LogP contribution in [0, 0.1) is 29.4 Å². The Hall–Kier alpha value is -4.87. The zero-order valence-electron chi connectivity index (χ0n) is 29.9. The van der Waals surface area contributed by atoms with E-state index in [1.807, 2.05) is 4.90 Å². The van der Waals surface area contributed by atoms with Crippen LogP contribution in [0.2, 0.25) is 0 Å². The molecule has 5 aliphatic rings. The van der Waals surface area contributed by atoms with Crippen molar-refractivity contribution >= 4 is 33.5 Å². The molecule has 2 aromatic heterocycles. The molecule has 2 aromatic carbocycles. The van der Waals surface area contributed by atoms with E-state index in [4.69, 9.17) is 20.9 Å². The van der Waals surface area contributed by atoms with Crippen LogP contribution in [-0.4, -0.2) is 113 Å². The van der Waals surface area contributed by atoms with E-state index in [0.29, 0.717) is 75.4 Å². The molecule has 11 nitrogen and oxygen atoms in total. The first-order valence-electron chi connectivity index (χ1n) is 18.9. The third kappa shape index (κ3) is 6.41. The summed E-state index contributed by atoms with van der Waals surface area (Å²) >= 11 is 0. The lowest BCUT2D eigenvalue weighted by atomic mass is 9.96. The van der Waals surface area contributed by atoms with E-state index in [9.17, 15) is 18.7 Å². The van der Waals surface area contributed by atoms with E-state index >= 15 is 4.39 Å². The number of rotatable bonds is 8. The van der Waals surface area contributed by atoms with Crippen LogP contribution in [0.4, 0.5) is 23.8 Å². The number of hydrogen-bond acceptors (Lipinski definition) is 9. The van der Waals surface area contributed by atoms with Gasteiger partial charge in [0.05, 0.1) is 42.3 Å². The molecule has 0 spiro atoms. The van der Waals surface area contributed by atoms with Crippen LogP contribution < -0.4 is 15.0 Å². The van der Waals surface area contributed by atoms with Gasteiger partial charge in [0.2, 0.25) is 0 Å². The van der Waals surface area contributed by atoms with Gasteiger partial charge >= 0.3 is 12.0 Å². The molecule has 2 amide bonds. The first-order valence-corrected chi connectivity index (χ1v) is 18.9. The number of carbonyl (C=O) groups is 1. The van der Waals surface area contributed by atoms with Crippen LogP contribution in [0.3, 0.4) is 0 Å². The Morgan fingerprint density at radius 1 is 1.09 bits per heavy atom. The molecule has 6 heterocycles. The number of aromatic nitrogens is 3. The van der Waals surface area contributed by atoms with Crippen molar-refractivity contribution in [2.75, 3.05) is 57.4 Å². The van der Waals surface area contributed by atoms with Gasteiger partial charge in [0.1, 0.15) is 34.8 Å². The summed E-state index contributed by atoms with van der Waals surface area (Å²) in [5.74, 6) is 1.21. The number of nitrogens with one attached hydrogen (secondary N) is 1. The quantitative estimate of drug-likeness (QED) is 0.224. The summed E-state index contributed by atoms with van der Waals surface area (Å²) in [4.78, 5) is 33.7. The number of piperazine rings is 1. The van der Waals surface area contributed by atoms with Crippen molar-refractivity contribution in [3.8, 4) is 35.4 Å². The van der Waals surface area contributed by atoms with Gasteiger partial charge in [0.15, 0.2) is 5.82 Å². The molecule has 2 bridgehead atoms. The number of anilines is 1. The highest BCUT2D eigenvalue weighted by Gasteiger charge is 2.46. The summed E-state index contributed by atoms with van der Waals surface area (Å²) in [6.45, 7) is 4.58. The van der Waals surface area contributed by atoms with Gasteiger partial charge in [-0.15, -0.1) is 6.42 Å². The summed E-state index contributed by atoms with van der Waals surface area (Å²) in [5, 5.41) is 14.8. The number of nitrogens with zero attached hydrogens (tertiary/aromatic N) is 6. The number of pyridine rings is 1. The molecule has 9 rings (SSSR count). The SMILES string of the molecule is C#Cc1c(F)ccc2cc(O)cc(-c3ncc4c(N5CC6CCC(C5)N6C(=O)NC5CCOC5)nc(OCC5(CN6CCC(F)CC6)CC5)nc4c3F)c12. The Morgan fingerprint density at radius 3 is 2.57 bits per heavy atom. The van der Waals surface area contributed by atoms with Gasteiger partial charge in [-0.25, -0.2) is 18.0 Å². The van der Waals surface area contributed by atoms with E-state index in [1.54, 1.807) is 0 Å². The number of urea groups is 1. The second-order valence-electron chi connectivity index (χ2n) is 15.6. The second-order valence-corrected chi connectivity index (χ2v) is 15.6. The van der Waals surface area contributed by atoms with E-state index in [-0.39, 0.29) is 69.1 Å². The van der Waals surface area contributed by atoms with Gasteiger partial charge < -0.3 is 34.6 Å². The molecule has 282 valence electrons. The number of piperidine rings is 1. The Kier molecular flexibility index (Phi) is 8.89. The predicted octanol–water partition coefficient (Wildman–Crippen LogP) is 5.55. The monoisotopic (exact) mass is 741 g/mol. The fourth-order valence-corrected chi connectivity index (χ4v) is 8.85. The maximum absolute atomic E-state index is 17.1. The summed E-state index contributed by atoms with van der Waals surface area (Å²) in [6.07, 6.45) is 11.8. The molecule has 4 aliphatic heterocycles. The molecular weight excluding hydrogens is 699 g/mol. The largest absolute Gasteiger partial charge is 0.508 e. The van der Waals surface area contributed by atoms with Crippen molar-refractivity contribution < 1.29 is 32.5 Å². The lowest BCUT2D eigenvalue weighted by Crippen LogP contribution is -2.59. The predicted molar refractivity (Wildman–Crippen MR) is 196 cm³/mol. The molecule has 3 atom stereocenters. The third-order valence-electron chi connectivity index (χ3n) is 11.9. The molecule has 14 heteroatoms. The summed E-state index contributed by atoms with van der Waals surface area (Å²) < 4.78 is 57.7. The van der Waals surface area contributed by atoms with E-state index in [0.717, 1.165) is 38.6 Å². The summed E-state index contributed by atoms with van der Waals surface area (Å²) in [6, 6.07) is 5.17. The van der Waals surface area contributed by atoms with Crippen molar-refractivity contribution in [1.29, 1.82) is 0 Å². The molecule has 1 saturated carbocycles. The van der Waals surface area contributed by atoms with Gasteiger partial charge in [-0.1, -0.05) is 12.0 Å². The minimum Gasteiger partial charge on any atom is -0.508 e. The minimum absolute atomic E-state index is 0.00664. The zero-order chi connectivity index (χ0) is 37.1. The molecule has 54 heavy (non-hydrogen) atoms. The molecule has 5 fully saturated rings. The fourth-order valence-electron chi connectivity index (χ4n) is 8.85. The summed E-state index contributed by atoms with van der Waals surface area (Å²) in [7, 11) is 0. The molecule has 2 N–H and O–H groups in total. The Morgan fingerprint density at radius 2 is 1.87 bits per heavy atom. The number of hydrogen-bond donors (Lipinski definition) is 2. The number of phenols is 1. The number of ether oxygens (including phenoxy) is 2. The molecular formula is C40H42F3N7O4. The summed E-state index contributed by atoms with van der Waals surface area (Å²) in [5.41, 5.74) is -0.270. The molecule has 0 radical (unpaired) electrons. The lowest BCUT2D eigenvalue weighted by molar-refractivity contribution is 0.107. The van der Waals surface area contributed by atoms with Crippen LogP contribution >= 0.6 is 0 Å². The van der Waals surface area contributed by atoms with Crippen LogP contribution in [-0.2, 0) is 4.74 Å². The highest BCUT2D eigenvalue weighted by Crippen LogP contribution is 2.47. The van der Waals surface area contributed by atoms with Crippen molar-refractivity contribution in [2.45, 2.75) is 69.2 Å². The minimum atomic E-state index is -0.796. The Balaban J connectivity index is 1.08. The number of halogens is 3. The normalized spacial score (nSPS) is 23.9. The Labute approximate surface area is 310 Å². The van der Waals surface area contributed by atoms with Gasteiger partial charge in [-0.05, 0) is 68.5 Å². The number of likely N-dealkylation sites (tertiary alicyclic amines) is 1. The first-order chi connectivity index (χ1) is 26.2. The average molecular weight is 742 g/mol. The van der Waals surface area contributed by atoms with E-state index < -0.39 is 17.8 Å². The molecule has 4 aromatic rings. The molecule has 4 saturated heterocycles. The van der Waals surface area contributed by atoms with Gasteiger partial charge in [0, 0.05) is 61.9 Å². The Bertz CT molecular complexity index is 2150. The first kappa shape index (κ1) is 34.9. The maximum atomic E-state index is 17.1. The van der Waals surface area contributed by atoms with Crippen LogP contribution in [0.1, 0.15) is 50.5 Å². The number of terminal acetylenes is 1. The fraction of sp³-hybridized carbons (Fsp3) is 0.500. The topological polar surface area (TPSA) is 116 Å². The van der Waals surface area contributed by atoms with E-state index in [1.165, 1.54) is 30.5 Å². The highest BCUT2D eigenvalue weighted by atomic mass is 19.1. The van der Waals surface area contributed by atoms with Gasteiger partial charge in [0.25, 0.3) is 0 Å². The number of benzene rings is 2. The van der Waals surface area contributed by atoms with Gasteiger partial charge in [-0.3, -0.25) is 4.98 Å². The highest BCUT2D eigenvalue weighted by molar-refractivity contribution is 6.03. The van der Waals surface area contributed by atoms with E-state index in [2.05, 4.69) is 31.0 Å². The van der Waals surface area contributed by atoms with Crippen molar-refractivity contribution in [3.63, 3.8) is 0 Å². The molecule has 1 aliphatic carbocycles. The number of amides is 2. The van der Waals surface area contributed by atoms with Crippen LogP contribution in [0.15, 0.2) is 30.5 Å². The van der Waals surface area contributed by atoms with Crippen LogP contribution in [0.5, 0.6) is 11.8 Å². The van der Waals surface area contributed by atoms with Gasteiger partial charge in [-0.2, -0.15) is 9.97 Å². The number of fused-ring (bicyclic) bond motifs is 4. The van der Waals surface area contributed by atoms with Crippen molar-refractivity contribution in [1.82, 2.24) is 30.1 Å². The number of alkyl halides is 1. The standard InChI is InChI=1S/C40H42F3N7O4/c1-2-29-32(42)6-3-23-15-28(51)16-30(33(23)29)35-34(43)36-31(17-44-35)37(47-38(46-36)54-22-40(10-11-40)21-48-12-7-24(41)8-13-48)49-18-26-4-5-27(19-49)50(26)39(52)45-25-9-14-53-20-25/h1,3,6,15-17,24-27,51H,4-5,7-14,18-22H2,(H,45,52). The second kappa shape index (κ2) is 13.8.